The monoisotopic (exact) mass is 218 g/mol. The largest absolute Gasteiger partial charge is 0.339 e. The van der Waals surface area contributed by atoms with Crippen molar-refractivity contribution in [1.29, 1.82) is 0 Å². The van der Waals surface area contributed by atoms with Gasteiger partial charge in [-0.3, -0.25) is 9.78 Å². The Morgan fingerprint density at radius 3 is 2.88 bits per heavy atom. The summed E-state index contributed by atoms with van der Waals surface area (Å²) in [6.07, 6.45) is 5.56. The molecule has 0 unspecified atom stereocenters. The van der Waals surface area contributed by atoms with Crippen LogP contribution in [-0.4, -0.2) is 28.4 Å². The van der Waals surface area contributed by atoms with Crippen LogP contribution < -0.4 is 0 Å². The Hall–Kier alpha value is -1.38. The minimum atomic E-state index is 0.225. The molecular weight excluding hydrogens is 200 g/mol. The van der Waals surface area contributed by atoms with Gasteiger partial charge in [0, 0.05) is 24.5 Å². The zero-order valence-corrected chi connectivity index (χ0v) is 9.72. The highest BCUT2D eigenvalue weighted by atomic mass is 16.2. The summed E-state index contributed by atoms with van der Waals surface area (Å²) in [7, 11) is 0. The Morgan fingerprint density at radius 1 is 1.50 bits per heavy atom. The highest BCUT2D eigenvalue weighted by Gasteiger charge is 2.31. The van der Waals surface area contributed by atoms with Crippen molar-refractivity contribution < 1.29 is 4.79 Å². The van der Waals surface area contributed by atoms with Crippen LogP contribution in [0.15, 0.2) is 24.4 Å². The second kappa shape index (κ2) is 5.10. The zero-order valence-electron chi connectivity index (χ0n) is 9.72. The molecule has 0 aromatic carbocycles. The van der Waals surface area contributed by atoms with Gasteiger partial charge >= 0.3 is 0 Å². The summed E-state index contributed by atoms with van der Waals surface area (Å²) < 4.78 is 0. The van der Waals surface area contributed by atoms with Crippen LogP contribution in [0.5, 0.6) is 0 Å². The molecule has 1 fully saturated rings. The summed E-state index contributed by atoms with van der Waals surface area (Å²) >= 11 is 0. The summed E-state index contributed by atoms with van der Waals surface area (Å²) in [6, 6.07) is 6.22. The minimum Gasteiger partial charge on any atom is -0.339 e. The molecule has 3 nitrogen and oxygen atoms in total. The smallest absolute Gasteiger partial charge is 0.228 e. The lowest BCUT2D eigenvalue weighted by Crippen LogP contribution is -2.35. The van der Waals surface area contributed by atoms with Gasteiger partial charge in [-0.1, -0.05) is 13.0 Å². The number of nitrogens with zero attached hydrogens (tertiary/aromatic N) is 2. The van der Waals surface area contributed by atoms with Crippen LogP contribution in [-0.2, 0) is 11.2 Å². The van der Waals surface area contributed by atoms with Crippen LogP contribution in [0.3, 0.4) is 0 Å². The quantitative estimate of drug-likeness (QED) is 0.757. The highest BCUT2D eigenvalue weighted by molar-refractivity contribution is 5.79. The van der Waals surface area contributed by atoms with Crippen LogP contribution in [0.1, 0.15) is 31.9 Å². The molecule has 1 amide bonds. The van der Waals surface area contributed by atoms with E-state index >= 15 is 0 Å². The maximum Gasteiger partial charge on any atom is 0.228 e. The average Bonchev–Trinajstić information content (AvgIpc) is 3.11. The van der Waals surface area contributed by atoms with Crippen LogP contribution in [0, 0.1) is 0 Å². The molecule has 16 heavy (non-hydrogen) atoms. The summed E-state index contributed by atoms with van der Waals surface area (Å²) in [6.45, 7) is 3.00. The molecule has 0 bridgehead atoms. The number of rotatable bonds is 5. The maximum absolute atomic E-state index is 12.1. The van der Waals surface area contributed by atoms with Crippen LogP contribution in [0.25, 0.3) is 0 Å². The predicted octanol–water partition coefficient (Wildman–Crippen LogP) is 2.03. The number of carbonyl (C=O) groups is 1. The molecule has 0 radical (unpaired) electrons. The Labute approximate surface area is 96.5 Å². The number of pyridine rings is 1. The first-order chi connectivity index (χ1) is 7.81. The molecule has 2 rings (SSSR count). The fraction of sp³-hybridized carbons (Fsp3) is 0.538. The topological polar surface area (TPSA) is 33.2 Å². The molecular formula is C13H18N2O. The number of aromatic nitrogens is 1. The van der Waals surface area contributed by atoms with Crippen molar-refractivity contribution >= 4 is 5.91 Å². The van der Waals surface area contributed by atoms with Crippen molar-refractivity contribution in [2.75, 3.05) is 6.54 Å². The zero-order chi connectivity index (χ0) is 11.4. The fourth-order valence-corrected chi connectivity index (χ4v) is 1.90. The van der Waals surface area contributed by atoms with Crippen molar-refractivity contribution in [2.45, 2.75) is 38.6 Å². The first-order valence-electron chi connectivity index (χ1n) is 6.00. The lowest BCUT2D eigenvalue weighted by molar-refractivity contribution is -0.131. The third kappa shape index (κ3) is 2.81. The molecule has 0 spiro atoms. The lowest BCUT2D eigenvalue weighted by atomic mass is 10.2. The van der Waals surface area contributed by atoms with E-state index in [4.69, 9.17) is 0 Å². The average molecular weight is 218 g/mol. The normalized spacial score (nSPS) is 14.8. The minimum absolute atomic E-state index is 0.225. The van der Waals surface area contributed by atoms with E-state index in [1.807, 2.05) is 23.1 Å². The summed E-state index contributed by atoms with van der Waals surface area (Å²) in [5.41, 5.74) is 0.870. The van der Waals surface area contributed by atoms with Crippen LogP contribution in [0.4, 0.5) is 0 Å². The van der Waals surface area contributed by atoms with Crippen molar-refractivity contribution in [3.05, 3.63) is 30.1 Å². The molecule has 0 N–H and O–H groups in total. The van der Waals surface area contributed by atoms with E-state index in [1.54, 1.807) is 6.20 Å². The van der Waals surface area contributed by atoms with E-state index in [2.05, 4.69) is 11.9 Å². The molecule has 0 atom stereocenters. The summed E-state index contributed by atoms with van der Waals surface area (Å²) in [5, 5.41) is 0. The van der Waals surface area contributed by atoms with Gasteiger partial charge in [-0.2, -0.15) is 0 Å². The summed E-state index contributed by atoms with van der Waals surface area (Å²) in [5.74, 6) is 0.225. The van der Waals surface area contributed by atoms with Crippen molar-refractivity contribution in [2.24, 2.45) is 0 Å². The Bertz CT molecular complexity index is 346. The molecule has 1 heterocycles. The van der Waals surface area contributed by atoms with E-state index in [0.29, 0.717) is 12.5 Å². The number of carbonyl (C=O) groups excluding carboxylic acids is 1. The fourth-order valence-electron chi connectivity index (χ4n) is 1.90. The molecule has 1 aromatic rings. The molecule has 1 saturated carbocycles. The Morgan fingerprint density at radius 2 is 2.31 bits per heavy atom. The number of hydrogen-bond donors (Lipinski definition) is 0. The highest BCUT2D eigenvalue weighted by Crippen LogP contribution is 2.27. The number of amides is 1. The van der Waals surface area contributed by atoms with Gasteiger partial charge < -0.3 is 4.90 Å². The number of hydrogen-bond acceptors (Lipinski definition) is 2. The van der Waals surface area contributed by atoms with Crippen molar-refractivity contribution in [3.8, 4) is 0 Å². The maximum atomic E-state index is 12.1. The Balaban J connectivity index is 1.95. The van der Waals surface area contributed by atoms with Gasteiger partial charge in [-0.25, -0.2) is 0 Å². The lowest BCUT2D eigenvalue weighted by Gasteiger charge is -2.21. The predicted molar refractivity (Wildman–Crippen MR) is 63.0 cm³/mol. The molecule has 1 aliphatic rings. The molecule has 3 heteroatoms. The molecule has 1 aromatic heterocycles. The van der Waals surface area contributed by atoms with Gasteiger partial charge in [0.2, 0.25) is 5.91 Å². The van der Waals surface area contributed by atoms with E-state index in [0.717, 1.165) is 18.7 Å². The second-order valence-electron chi connectivity index (χ2n) is 4.32. The van der Waals surface area contributed by atoms with Gasteiger partial charge in [0.15, 0.2) is 0 Å². The standard InChI is InChI=1S/C13H18N2O/c1-2-9-15(12-6-7-12)13(16)10-11-5-3-4-8-14-11/h3-5,8,12H,2,6-7,9-10H2,1H3. The molecule has 86 valence electrons. The van der Waals surface area contributed by atoms with E-state index in [-0.39, 0.29) is 5.91 Å². The first-order valence-corrected chi connectivity index (χ1v) is 6.00. The summed E-state index contributed by atoms with van der Waals surface area (Å²) in [4.78, 5) is 18.3. The third-order valence-electron chi connectivity index (χ3n) is 2.83. The van der Waals surface area contributed by atoms with Crippen molar-refractivity contribution in [3.63, 3.8) is 0 Å². The van der Waals surface area contributed by atoms with Gasteiger partial charge in [-0.15, -0.1) is 0 Å². The third-order valence-corrected chi connectivity index (χ3v) is 2.83. The molecule has 0 saturated heterocycles. The van der Waals surface area contributed by atoms with Crippen LogP contribution >= 0.6 is 0 Å². The van der Waals surface area contributed by atoms with Crippen molar-refractivity contribution in [1.82, 2.24) is 9.88 Å². The molecule has 1 aliphatic carbocycles. The Kier molecular flexibility index (Phi) is 3.54. The molecule has 0 aliphatic heterocycles. The van der Waals surface area contributed by atoms with Gasteiger partial charge in [0.1, 0.15) is 0 Å². The van der Waals surface area contributed by atoms with Gasteiger partial charge in [0.25, 0.3) is 0 Å². The van der Waals surface area contributed by atoms with Gasteiger partial charge in [-0.05, 0) is 31.4 Å². The second-order valence-corrected chi connectivity index (χ2v) is 4.32. The first kappa shape index (κ1) is 11.1. The SMILES string of the molecule is CCCN(C(=O)Cc1ccccn1)C1CC1. The van der Waals surface area contributed by atoms with Gasteiger partial charge in [0.05, 0.1) is 6.42 Å². The van der Waals surface area contributed by atoms with E-state index in [9.17, 15) is 4.79 Å². The van der Waals surface area contributed by atoms with Crippen LogP contribution in [0.2, 0.25) is 0 Å². The van der Waals surface area contributed by atoms with E-state index < -0.39 is 0 Å². The van der Waals surface area contributed by atoms with E-state index in [1.165, 1.54) is 12.8 Å².